The van der Waals surface area contributed by atoms with Gasteiger partial charge in [-0.05, 0) is 107 Å². The number of benzene rings is 1. The summed E-state index contributed by atoms with van der Waals surface area (Å²) in [4.78, 5) is 22.3. The van der Waals surface area contributed by atoms with E-state index in [1.54, 1.807) is 17.3 Å². The Morgan fingerprint density at radius 3 is 2.68 bits per heavy atom. The molecule has 3 aromatic rings. The van der Waals surface area contributed by atoms with E-state index in [0.717, 1.165) is 61.6 Å². The highest BCUT2D eigenvalue weighted by Crippen LogP contribution is 2.35. The molecular formula is C30H40FN5O. The highest BCUT2D eigenvalue weighted by atomic mass is 19.1. The second kappa shape index (κ2) is 10.9. The van der Waals surface area contributed by atoms with Crippen molar-refractivity contribution < 1.29 is 9.18 Å². The van der Waals surface area contributed by atoms with Crippen molar-refractivity contribution >= 4 is 11.4 Å². The molecular weight excluding hydrogens is 465 g/mol. The molecule has 1 aliphatic carbocycles. The van der Waals surface area contributed by atoms with E-state index in [-0.39, 0.29) is 11.9 Å². The largest absolute Gasteiger partial charge is 0.336 e. The number of rotatable bonds is 7. The number of carbonyl (C=O) groups is 1. The van der Waals surface area contributed by atoms with Gasteiger partial charge in [0.25, 0.3) is 5.91 Å². The topological polar surface area (TPSA) is 66.9 Å². The van der Waals surface area contributed by atoms with Crippen LogP contribution >= 0.6 is 0 Å². The van der Waals surface area contributed by atoms with Crippen LogP contribution in [0.15, 0.2) is 42.9 Å². The Morgan fingerprint density at radius 2 is 1.95 bits per heavy atom. The summed E-state index contributed by atoms with van der Waals surface area (Å²) in [5, 5.41) is 0. The summed E-state index contributed by atoms with van der Waals surface area (Å²) in [6, 6.07) is 9.39. The minimum Gasteiger partial charge on any atom is -0.336 e. The van der Waals surface area contributed by atoms with Gasteiger partial charge in [0.15, 0.2) is 0 Å². The number of amides is 1. The van der Waals surface area contributed by atoms with Crippen LogP contribution in [-0.4, -0.2) is 63.4 Å². The highest BCUT2D eigenvalue weighted by molar-refractivity contribution is 6.01. The molecule has 0 spiro atoms. The van der Waals surface area contributed by atoms with Crippen molar-refractivity contribution in [3.63, 3.8) is 0 Å². The zero-order valence-electron chi connectivity index (χ0n) is 22.4. The summed E-state index contributed by atoms with van der Waals surface area (Å²) in [6.07, 6.45) is 9.52. The number of carbonyl (C=O) groups excluding carboxylic acids is 1. The average Bonchev–Trinajstić information content (AvgIpc) is 3.55. The summed E-state index contributed by atoms with van der Waals surface area (Å²) in [5.74, 6) is 0.624. The predicted octanol–water partition coefficient (Wildman–Crippen LogP) is 5.32. The summed E-state index contributed by atoms with van der Waals surface area (Å²) in [5.41, 5.74) is 10.4. The lowest BCUT2D eigenvalue weighted by atomic mass is 9.86. The second-order valence-electron chi connectivity index (χ2n) is 11.3. The third-order valence-electron chi connectivity index (χ3n) is 8.41. The molecule has 2 N–H and O–H groups in total. The molecule has 198 valence electrons. The molecule has 1 saturated carbocycles. The minimum absolute atomic E-state index is 0.0255. The average molecular weight is 506 g/mol. The van der Waals surface area contributed by atoms with Gasteiger partial charge in [0.2, 0.25) is 0 Å². The summed E-state index contributed by atoms with van der Waals surface area (Å²) < 4.78 is 16.4. The minimum atomic E-state index is -0.403. The zero-order chi connectivity index (χ0) is 26.1. The van der Waals surface area contributed by atoms with Crippen LogP contribution in [-0.2, 0) is 0 Å². The normalized spacial score (nSPS) is 22.7. The van der Waals surface area contributed by atoms with E-state index in [1.807, 2.05) is 31.4 Å². The molecule has 2 aromatic heterocycles. The van der Waals surface area contributed by atoms with E-state index in [1.165, 1.54) is 30.5 Å². The van der Waals surface area contributed by atoms with Gasteiger partial charge in [0, 0.05) is 37.3 Å². The summed E-state index contributed by atoms with van der Waals surface area (Å²) in [6.45, 7) is 9.80. The highest BCUT2D eigenvalue weighted by Gasteiger charge is 2.29. The van der Waals surface area contributed by atoms with Gasteiger partial charge in [0.1, 0.15) is 5.82 Å². The molecule has 5 rings (SSSR count). The molecule has 1 saturated heterocycles. The van der Waals surface area contributed by atoms with Crippen molar-refractivity contribution in [3.05, 3.63) is 59.8 Å². The molecule has 7 heteroatoms. The molecule has 6 nitrogen and oxygen atoms in total. The van der Waals surface area contributed by atoms with Gasteiger partial charge < -0.3 is 15.5 Å². The molecule has 0 radical (unpaired) electrons. The number of nitrogens with two attached hydrogens (primary N) is 1. The maximum atomic E-state index is 14.4. The van der Waals surface area contributed by atoms with Gasteiger partial charge in [-0.25, -0.2) is 9.37 Å². The van der Waals surface area contributed by atoms with Gasteiger partial charge in [-0.2, -0.15) is 0 Å². The molecule has 0 bridgehead atoms. The smallest absolute Gasteiger partial charge is 0.254 e. The predicted molar refractivity (Wildman–Crippen MR) is 146 cm³/mol. The van der Waals surface area contributed by atoms with Gasteiger partial charge in [-0.3, -0.25) is 9.20 Å². The Labute approximate surface area is 219 Å². The quantitative estimate of drug-likeness (QED) is 0.472. The monoisotopic (exact) mass is 505 g/mol. The molecule has 1 aromatic carbocycles. The van der Waals surface area contributed by atoms with Crippen LogP contribution in [0.25, 0.3) is 16.8 Å². The molecule has 2 fully saturated rings. The van der Waals surface area contributed by atoms with Crippen LogP contribution in [0, 0.1) is 11.7 Å². The number of hydrogen-bond donors (Lipinski definition) is 1. The van der Waals surface area contributed by atoms with Crippen molar-refractivity contribution in [1.82, 2.24) is 19.2 Å². The Bertz CT molecular complexity index is 1250. The number of hydrogen-bond acceptors (Lipinski definition) is 4. The molecule has 3 heterocycles. The number of halogens is 1. The van der Waals surface area contributed by atoms with E-state index < -0.39 is 5.82 Å². The van der Waals surface area contributed by atoms with Crippen LogP contribution in [0.1, 0.15) is 74.7 Å². The molecule has 1 atom stereocenters. The second-order valence-corrected chi connectivity index (χ2v) is 11.3. The van der Waals surface area contributed by atoms with E-state index in [9.17, 15) is 9.18 Å². The van der Waals surface area contributed by atoms with Crippen LogP contribution in [0.4, 0.5) is 4.39 Å². The Morgan fingerprint density at radius 1 is 1.16 bits per heavy atom. The van der Waals surface area contributed by atoms with Crippen LogP contribution in [0.3, 0.4) is 0 Å². The Hall–Kier alpha value is -2.77. The number of aromatic nitrogens is 2. The molecule has 1 aliphatic heterocycles. The fourth-order valence-electron chi connectivity index (χ4n) is 6.32. The van der Waals surface area contributed by atoms with Crippen molar-refractivity contribution in [2.75, 3.05) is 26.2 Å². The molecule has 1 amide bonds. The number of nitrogens with zero attached hydrogens (tertiary/aromatic N) is 4. The number of pyridine rings is 1. The first-order valence-electron chi connectivity index (χ1n) is 13.9. The van der Waals surface area contributed by atoms with Gasteiger partial charge in [-0.1, -0.05) is 0 Å². The molecule has 37 heavy (non-hydrogen) atoms. The van der Waals surface area contributed by atoms with Crippen molar-refractivity contribution in [3.8, 4) is 11.3 Å². The van der Waals surface area contributed by atoms with E-state index in [4.69, 9.17) is 5.73 Å². The maximum Gasteiger partial charge on any atom is 0.254 e. The maximum absolute atomic E-state index is 14.4. The van der Waals surface area contributed by atoms with Crippen molar-refractivity contribution in [2.45, 2.75) is 70.9 Å². The van der Waals surface area contributed by atoms with Gasteiger partial charge >= 0.3 is 0 Å². The molecule has 0 unspecified atom stereocenters. The standard InChI is InChI=1S/C30H40FN5O/c1-4-35(20(2)3)30(37)28-15-24(31)7-10-27(28)29-14-23(13-26-16-33-19-36(26)29)22-11-12-34(18-22)17-21-5-8-25(32)9-6-21/h7,10,13-16,19-22,25H,4-6,8-9,11-12,17-18,32H2,1-3H3/t21?,22-,25?/m1/s1. The fourth-order valence-corrected chi connectivity index (χ4v) is 6.32. The van der Waals surface area contributed by atoms with Crippen molar-refractivity contribution in [1.29, 1.82) is 0 Å². The summed E-state index contributed by atoms with van der Waals surface area (Å²) in [7, 11) is 0. The number of imidazole rings is 1. The van der Waals surface area contributed by atoms with E-state index in [2.05, 4.69) is 22.0 Å². The Kier molecular flexibility index (Phi) is 7.63. The SMILES string of the molecule is CCN(C(=O)c1cc(F)ccc1-c1cc([C@@H]2CCN(CC3CCC(N)CC3)C2)cc2cncn12)C(C)C. The fraction of sp³-hybridized carbons (Fsp3) is 0.533. The molecule has 2 aliphatic rings. The third-order valence-corrected chi connectivity index (χ3v) is 8.41. The first-order chi connectivity index (χ1) is 17.8. The third kappa shape index (κ3) is 5.43. The van der Waals surface area contributed by atoms with Gasteiger partial charge in [-0.15, -0.1) is 0 Å². The first kappa shape index (κ1) is 25.9. The zero-order valence-corrected chi connectivity index (χ0v) is 22.4. The number of likely N-dealkylation sites (tertiary alicyclic amines) is 1. The van der Waals surface area contributed by atoms with Gasteiger partial charge in [0.05, 0.1) is 29.3 Å². The van der Waals surface area contributed by atoms with Crippen LogP contribution in [0.5, 0.6) is 0 Å². The van der Waals surface area contributed by atoms with Crippen LogP contribution in [0.2, 0.25) is 0 Å². The Balaban J connectivity index is 1.46. The lowest BCUT2D eigenvalue weighted by Gasteiger charge is -2.29. The van der Waals surface area contributed by atoms with E-state index in [0.29, 0.717) is 24.1 Å². The van der Waals surface area contributed by atoms with Crippen LogP contribution < -0.4 is 5.73 Å². The van der Waals surface area contributed by atoms with E-state index >= 15 is 0 Å². The lowest BCUT2D eigenvalue weighted by molar-refractivity contribution is 0.0717. The lowest BCUT2D eigenvalue weighted by Crippen LogP contribution is -2.37. The number of fused-ring (bicyclic) bond motifs is 1. The summed E-state index contributed by atoms with van der Waals surface area (Å²) >= 11 is 0. The van der Waals surface area contributed by atoms with Crippen molar-refractivity contribution in [2.24, 2.45) is 11.7 Å². The first-order valence-corrected chi connectivity index (χ1v) is 13.9.